The number of piperidine rings is 1. The summed E-state index contributed by atoms with van der Waals surface area (Å²) in [7, 11) is 0. The number of nitrogens with two attached hydrogens (primary N) is 1. The van der Waals surface area contributed by atoms with Crippen molar-refractivity contribution in [2.75, 3.05) is 13.1 Å². The van der Waals surface area contributed by atoms with Gasteiger partial charge in [-0.3, -0.25) is 15.3 Å². The number of para-hydroxylation sites is 1. The Balaban J connectivity index is 1.74. The monoisotopic (exact) mass is 282 g/mol. The zero-order valence-electron chi connectivity index (χ0n) is 12.5. The minimum absolute atomic E-state index is 0.118. The molecule has 0 atom stereocenters. The van der Waals surface area contributed by atoms with E-state index < -0.39 is 0 Å². The molecule has 4 nitrogen and oxygen atoms in total. The molecule has 1 aliphatic rings. The van der Waals surface area contributed by atoms with Crippen LogP contribution in [0.5, 0.6) is 0 Å². The van der Waals surface area contributed by atoms with E-state index in [1.807, 2.05) is 12.3 Å². The van der Waals surface area contributed by atoms with E-state index in [2.05, 4.69) is 41.1 Å². The Labute approximate surface area is 125 Å². The van der Waals surface area contributed by atoms with Gasteiger partial charge < -0.3 is 5.73 Å². The molecule has 1 aromatic carbocycles. The molecule has 110 valence electrons. The van der Waals surface area contributed by atoms with Crippen molar-refractivity contribution in [1.82, 2.24) is 9.88 Å². The van der Waals surface area contributed by atoms with Gasteiger partial charge in [-0.1, -0.05) is 31.2 Å². The molecule has 3 N–H and O–H groups in total. The first-order chi connectivity index (χ1) is 10.1. The molecule has 3 rings (SSSR count). The van der Waals surface area contributed by atoms with Crippen LogP contribution < -0.4 is 5.73 Å². The quantitative estimate of drug-likeness (QED) is 0.672. The highest BCUT2D eigenvalue weighted by Crippen LogP contribution is 2.31. The van der Waals surface area contributed by atoms with Gasteiger partial charge in [0.15, 0.2) is 0 Å². The molecule has 0 saturated carbocycles. The van der Waals surface area contributed by atoms with Crippen molar-refractivity contribution in [1.29, 1.82) is 5.41 Å². The summed E-state index contributed by atoms with van der Waals surface area (Å²) in [4.78, 5) is 6.96. The van der Waals surface area contributed by atoms with Crippen molar-refractivity contribution in [2.45, 2.75) is 26.3 Å². The van der Waals surface area contributed by atoms with Crippen LogP contribution in [-0.2, 0) is 6.54 Å². The van der Waals surface area contributed by atoms with Crippen molar-refractivity contribution in [3.63, 3.8) is 0 Å². The van der Waals surface area contributed by atoms with E-state index in [1.165, 1.54) is 10.9 Å². The second kappa shape index (κ2) is 5.45. The molecule has 4 heteroatoms. The number of rotatable bonds is 3. The summed E-state index contributed by atoms with van der Waals surface area (Å²) in [6.45, 7) is 4.99. The topological polar surface area (TPSA) is 66.0 Å². The molecule has 21 heavy (non-hydrogen) atoms. The summed E-state index contributed by atoms with van der Waals surface area (Å²) in [5, 5.41) is 8.92. The maximum Gasteiger partial charge on any atom is 0.0966 e. The van der Waals surface area contributed by atoms with Gasteiger partial charge in [0, 0.05) is 23.5 Å². The van der Waals surface area contributed by atoms with Crippen LogP contribution in [0.3, 0.4) is 0 Å². The molecule has 1 saturated heterocycles. The van der Waals surface area contributed by atoms with Crippen molar-refractivity contribution in [3.05, 3.63) is 42.1 Å². The van der Waals surface area contributed by atoms with E-state index >= 15 is 0 Å². The van der Waals surface area contributed by atoms with Crippen molar-refractivity contribution in [2.24, 2.45) is 11.1 Å². The lowest BCUT2D eigenvalue weighted by atomic mass is 9.79. The fraction of sp³-hybridized carbons (Fsp3) is 0.412. The number of hydrogen-bond acceptors (Lipinski definition) is 3. The van der Waals surface area contributed by atoms with E-state index in [9.17, 15) is 0 Å². The third kappa shape index (κ3) is 2.76. The predicted molar refractivity (Wildman–Crippen MR) is 86.3 cm³/mol. The largest absolute Gasteiger partial charge is 0.387 e. The second-order valence-corrected chi connectivity index (χ2v) is 6.24. The zero-order chi connectivity index (χ0) is 14.9. The van der Waals surface area contributed by atoms with Gasteiger partial charge in [-0.15, -0.1) is 0 Å². The van der Waals surface area contributed by atoms with Gasteiger partial charge in [0.25, 0.3) is 0 Å². The number of fused-ring (bicyclic) bond motifs is 1. The van der Waals surface area contributed by atoms with Gasteiger partial charge in [-0.05, 0) is 37.6 Å². The first kappa shape index (κ1) is 14.0. The van der Waals surface area contributed by atoms with Crippen molar-refractivity contribution in [3.8, 4) is 0 Å². The fourth-order valence-corrected chi connectivity index (χ4v) is 3.01. The number of amidine groups is 1. The third-order valence-corrected chi connectivity index (χ3v) is 4.72. The van der Waals surface area contributed by atoms with Gasteiger partial charge in [0.2, 0.25) is 0 Å². The van der Waals surface area contributed by atoms with Gasteiger partial charge in [0.05, 0.1) is 11.4 Å². The molecule has 1 aliphatic heterocycles. The smallest absolute Gasteiger partial charge is 0.0966 e. The summed E-state index contributed by atoms with van der Waals surface area (Å²) in [5.41, 5.74) is 7.99. The molecule has 0 bridgehead atoms. The van der Waals surface area contributed by atoms with Crippen molar-refractivity contribution < 1.29 is 0 Å². The minimum Gasteiger partial charge on any atom is -0.387 e. The van der Waals surface area contributed by atoms with Crippen LogP contribution in [0.1, 0.15) is 25.3 Å². The molecule has 0 unspecified atom stereocenters. The fourth-order valence-electron chi connectivity index (χ4n) is 3.01. The molecule has 0 spiro atoms. The van der Waals surface area contributed by atoms with Crippen LogP contribution in [-0.4, -0.2) is 28.8 Å². The second-order valence-electron chi connectivity index (χ2n) is 6.24. The average molecular weight is 282 g/mol. The average Bonchev–Trinajstić information content (AvgIpc) is 2.50. The summed E-state index contributed by atoms with van der Waals surface area (Å²) in [5.74, 6) is 0.328. The minimum atomic E-state index is -0.118. The molecular weight excluding hydrogens is 260 g/mol. The van der Waals surface area contributed by atoms with Gasteiger partial charge >= 0.3 is 0 Å². The van der Waals surface area contributed by atoms with Crippen LogP contribution in [0.15, 0.2) is 36.5 Å². The summed E-state index contributed by atoms with van der Waals surface area (Å²) >= 11 is 0. The number of benzene rings is 1. The maximum atomic E-state index is 7.73. The zero-order valence-corrected chi connectivity index (χ0v) is 12.5. The number of likely N-dealkylation sites (tertiary alicyclic amines) is 1. The summed E-state index contributed by atoms with van der Waals surface area (Å²) in [6, 6.07) is 10.5. The Kier molecular flexibility index (Phi) is 3.64. The Hall–Kier alpha value is -1.94. The Morgan fingerprint density at radius 3 is 2.71 bits per heavy atom. The maximum absolute atomic E-state index is 7.73. The van der Waals surface area contributed by atoms with E-state index in [4.69, 9.17) is 11.1 Å². The van der Waals surface area contributed by atoms with Crippen LogP contribution in [0.4, 0.5) is 0 Å². The van der Waals surface area contributed by atoms with Crippen LogP contribution in [0.2, 0.25) is 0 Å². The van der Waals surface area contributed by atoms with Gasteiger partial charge in [-0.25, -0.2) is 0 Å². The van der Waals surface area contributed by atoms with Crippen molar-refractivity contribution >= 4 is 16.7 Å². The normalized spacial score (nSPS) is 18.7. The first-order valence-corrected chi connectivity index (χ1v) is 7.48. The van der Waals surface area contributed by atoms with Gasteiger partial charge in [0.1, 0.15) is 0 Å². The molecule has 0 amide bonds. The third-order valence-electron chi connectivity index (χ3n) is 4.72. The number of nitrogens with zero attached hydrogens (tertiary/aromatic N) is 2. The number of aromatic nitrogens is 1. The Morgan fingerprint density at radius 1 is 1.29 bits per heavy atom. The standard InChI is InChI=1S/C17H22N4/c1-17(16(18)19)7-10-21(11-8-17)12-14-5-2-4-13-6-3-9-20-15(13)14/h2-6,9H,7-8,10-12H2,1H3,(H3,18,19). The summed E-state index contributed by atoms with van der Waals surface area (Å²) < 4.78 is 0. The lowest BCUT2D eigenvalue weighted by Crippen LogP contribution is -2.44. The van der Waals surface area contributed by atoms with Gasteiger partial charge in [-0.2, -0.15) is 0 Å². The van der Waals surface area contributed by atoms with E-state index in [-0.39, 0.29) is 5.41 Å². The SMILES string of the molecule is CC1(C(=N)N)CCN(Cc2cccc3cccnc23)CC1. The summed E-state index contributed by atoms with van der Waals surface area (Å²) in [6.07, 6.45) is 3.77. The number of hydrogen-bond donors (Lipinski definition) is 2. The van der Waals surface area contributed by atoms with E-state index in [1.54, 1.807) is 0 Å². The van der Waals surface area contributed by atoms with E-state index in [0.717, 1.165) is 38.0 Å². The lowest BCUT2D eigenvalue weighted by molar-refractivity contribution is 0.156. The van der Waals surface area contributed by atoms with Crippen LogP contribution in [0, 0.1) is 10.8 Å². The van der Waals surface area contributed by atoms with E-state index in [0.29, 0.717) is 5.84 Å². The number of nitrogens with one attached hydrogen (secondary N) is 1. The molecule has 0 radical (unpaired) electrons. The Morgan fingerprint density at radius 2 is 2.00 bits per heavy atom. The first-order valence-electron chi connectivity index (χ1n) is 7.48. The highest BCUT2D eigenvalue weighted by atomic mass is 15.1. The molecule has 2 heterocycles. The number of pyridine rings is 1. The highest BCUT2D eigenvalue weighted by Gasteiger charge is 2.32. The Bertz CT molecular complexity index is 651. The molecule has 1 aromatic heterocycles. The van der Waals surface area contributed by atoms with Crippen LogP contribution in [0.25, 0.3) is 10.9 Å². The lowest BCUT2D eigenvalue weighted by Gasteiger charge is -2.38. The highest BCUT2D eigenvalue weighted by molar-refractivity contribution is 5.83. The molecule has 2 aromatic rings. The molecular formula is C17H22N4. The van der Waals surface area contributed by atoms with Crippen LogP contribution >= 0.6 is 0 Å². The predicted octanol–water partition coefficient (Wildman–Crippen LogP) is 2.77. The molecule has 0 aliphatic carbocycles. The molecule has 1 fully saturated rings.